The van der Waals surface area contributed by atoms with Crippen LogP contribution in [0.15, 0.2) is 18.6 Å². The second-order valence-corrected chi connectivity index (χ2v) is 5.25. The minimum absolute atomic E-state index is 0.187. The third kappa shape index (κ3) is 2.67. The Bertz CT molecular complexity index is 652. The first-order valence-corrected chi connectivity index (χ1v) is 6.62. The second-order valence-electron chi connectivity index (χ2n) is 4.02. The Labute approximate surface area is 119 Å². The van der Waals surface area contributed by atoms with E-state index >= 15 is 0 Å². The third-order valence-electron chi connectivity index (χ3n) is 2.80. The molecule has 2 aromatic rings. The van der Waals surface area contributed by atoms with Gasteiger partial charge in [0, 0.05) is 17.3 Å². The Morgan fingerprint density at radius 1 is 1.30 bits per heavy atom. The first kappa shape index (κ1) is 14.1. The van der Waals surface area contributed by atoms with E-state index < -0.39 is 11.9 Å². The van der Waals surface area contributed by atoms with Gasteiger partial charge in [-0.25, -0.2) is 9.78 Å². The first-order chi connectivity index (χ1) is 9.54. The number of nitrogens with zero attached hydrogens (tertiary/aromatic N) is 2. The van der Waals surface area contributed by atoms with Crippen molar-refractivity contribution in [2.24, 2.45) is 0 Å². The number of esters is 1. The van der Waals surface area contributed by atoms with Crippen molar-refractivity contribution in [1.82, 2.24) is 9.97 Å². The Hall–Kier alpha value is -2.28. The molecular weight excluding hydrogens is 278 g/mol. The molecule has 0 aromatic carbocycles. The van der Waals surface area contributed by atoms with Crippen LogP contribution >= 0.6 is 11.3 Å². The number of ether oxygens (including phenoxy) is 1. The average Bonchev–Trinajstić information content (AvgIpc) is 2.74. The molecule has 2 aromatic heterocycles. The number of rotatable bonds is 3. The van der Waals surface area contributed by atoms with E-state index in [1.807, 2.05) is 13.8 Å². The first-order valence-electron chi connectivity index (χ1n) is 5.80. The van der Waals surface area contributed by atoms with Crippen LogP contribution in [0.3, 0.4) is 0 Å². The van der Waals surface area contributed by atoms with Crippen molar-refractivity contribution in [1.29, 1.82) is 0 Å². The number of aromatic nitrogens is 2. The van der Waals surface area contributed by atoms with Gasteiger partial charge in [-0.2, -0.15) is 0 Å². The van der Waals surface area contributed by atoms with E-state index in [1.165, 1.54) is 37.0 Å². The van der Waals surface area contributed by atoms with E-state index in [4.69, 9.17) is 4.74 Å². The summed E-state index contributed by atoms with van der Waals surface area (Å²) in [5.41, 5.74) is 1.37. The van der Waals surface area contributed by atoms with E-state index in [2.05, 4.69) is 15.3 Å². The summed E-state index contributed by atoms with van der Waals surface area (Å²) in [5.74, 6) is -0.884. The number of aryl methyl sites for hydroxylation is 1. The maximum absolute atomic E-state index is 12.0. The molecule has 0 spiro atoms. The van der Waals surface area contributed by atoms with Gasteiger partial charge < -0.3 is 10.1 Å². The number of carbonyl (C=O) groups excluding carboxylic acids is 2. The summed E-state index contributed by atoms with van der Waals surface area (Å²) in [6.07, 6.45) is 4.28. The highest BCUT2D eigenvalue weighted by Crippen LogP contribution is 2.33. The smallest absolute Gasteiger partial charge is 0.341 e. The highest BCUT2D eigenvalue weighted by Gasteiger charge is 2.22. The lowest BCUT2D eigenvalue weighted by Gasteiger charge is -2.05. The zero-order chi connectivity index (χ0) is 14.7. The number of thiophene rings is 1. The molecule has 0 aliphatic rings. The number of hydrogen-bond donors (Lipinski definition) is 1. The molecule has 0 unspecified atom stereocenters. The predicted octanol–water partition coefficient (Wildman–Crippen LogP) is 2.19. The van der Waals surface area contributed by atoms with Crippen molar-refractivity contribution in [2.75, 3.05) is 12.4 Å². The van der Waals surface area contributed by atoms with Gasteiger partial charge in [-0.3, -0.25) is 9.78 Å². The molecule has 0 saturated heterocycles. The summed E-state index contributed by atoms with van der Waals surface area (Å²) in [4.78, 5) is 32.5. The van der Waals surface area contributed by atoms with Crippen LogP contribution in [0.2, 0.25) is 0 Å². The van der Waals surface area contributed by atoms with Crippen LogP contribution in [0.25, 0.3) is 0 Å². The van der Waals surface area contributed by atoms with Gasteiger partial charge in [-0.1, -0.05) is 0 Å². The molecule has 6 nitrogen and oxygen atoms in total. The second kappa shape index (κ2) is 5.79. The van der Waals surface area contributed by atoms with E-state index in [-0.39, 0.29) is 5.69 Å². The molecule has 1 amide bonds. The third-order valence-corrected chi connectivity index (χ3v) is 3.92. The molecule has 104 valence electrons. The fourth-order valence-corrected chi connectivity index (χ4v) is 2.69. The van der Waals surface area contributed by atoms with Crippen LogP contribution in [-0.2, 0) is 4.74 Å². The lowest BCUT2D eigenvalue weighted by Crippen LogP contribution is -2.15. The predicted molar refractivity (Wildman–Crippen MR) is 75.1 cm³/mol. The maximum atomic E-state index is 12.0. The van der Waals surface area contributed by atoms with Crippen LogP contribution in [-0.4, -0.2) is 29.0 Å². The molecule has 0 atom stereocenters. The van der Waals surface area contributed by atoms with Crippen molar-refractivity contribution in [3.05, 3.63) is 40.3 Å². The van der Waals surface area contributed by atoms with Crippen LogP contribution in [0.1, 0.15) is 31.3 Å². The van der Waals surface area contributed by atoms with Gasteiger partial charge in [-0.15, -0.1) is 11.3 Å². The Balaban J connectivity index is 2.32. The molecule has 7 heteroatoms. The van der Waals surface area contributed by atoms with Crippen LogP contribution in [0.5, 0.6) is 0 Å². The summed E-state index contributed by atoms with van der Waals surface area (Å²) < 4.78 is 4.75. The monoisotopic (exact) mass is 291 g/mol. The minimum atomic E-state index is -0.471. The summed E-state index contributed by atoms with van der Waals surface area (Å²) in [7, 11) is 1.31. The van der Waals surface area contributed by atoms with E-state index in [1.54, 1.807) is 0 Å². The highest BCUT2D eigenvalue weighted by atomic mass is 32.1. The van der Waals surface area contributed by atoms with Crippen LogP contribution in [0, 0.1) is 13.8 Å². The molecule has 2 rings (SSSR count). The molecule has 0 radical (unpaired) electrons. The quantitative estimate of drug-likeness (QED) is 0.877. The van der Waals surface area contributed by atoms with E-state index in [9.17, 15) is 9.59 Å². The maximum Gasteiger partial charge on any atom is 0.341 e. The van der Waals surface area contributed by atoms with Gasteiger partial charge >= 0.3 is 5.97 Å². The van der Waals surface area contributed by atoms with Gasteiger partial charge in [0.15, 0.2) is 0 Å². The fraction of sp³-hybridized carbons (Fsp3) is 0.231. The number of methoxy groups -OCH3 is 1. The number of anilines is 1. The average molecular weight is 291 g/mol. The number of carbonyl (C=O) groups is 2. The zero-order valence-corrected chi connectivity index (χ0v) is 12.1. The van der Waals surface area contributed by atoms with Crippen molar-refractivity contribution < 1.29 is 14.3 Å². The fourth-order valence-electron chi connectivity index (χ4n) is 1.65. The van der Waals surface area contributed by atoms with Crippen LogP contribution in [0.4, 0.5) is 5.00 Å². The number of hydrogen-bond acceptors (Lipinski definition) is 6. The van der Waals surface area contributed by atoms with Gasteiger partial charge in [0.05, 0.1) is 18.9 Å². The standard InChI is InChI=1S/C13H13N3O3S/c1-7-8(2)20-12(10(7)13(18)19-3)16-11(17)9-6-14-4-5-15-9/h4-6H,1-3H3,(H,16,17). The van der Waals surface area contributed by atoms with E-state index in [0.717, 1.165) is 10.4 Å². The van der Waals surface area contributed by atoms with Gasteiger partial charge in [0.2, 0.25) is 0 Å². The molecule has 1 N–H and O–H groups in total. The lowest BCUT2D eigenvalue weighted by atomic mass is 10.1. The van der Waals surface area contributed by atoms with Gasteiger partial charge in [-0.05, 0) is 19.4 Å². The summed E-state index contributed by atoms with van der Waals surface area (Å²) in [6, 6.07) is 0. The molecule has 0 saturated carbocycles. The minimum Gasteiger partial charge on any atom is -0.465 e. The molecule has 0 aliphatic carbocycles. The summed E-state index contributed by atoms with van der Waals surface area (Å²) in [5, 5.41) is 3.14. The zero-order valence-electron chi connectivity index (χ0n) is 11.3. The Kier molecular flexibility index (Phi) is 4.09. The SMILES string of the molecule is COC(=O)c1c(NC(=O)c2cnccn2)sc(C)c1C. The molecule has 0 bridgehead atoms. The molecular formula is C13H13N3O3S. The summed E-state index contributed by atoms with van der Waals surface area (Å²) in [6.45, 7) is 3.69. The Morgan fingerprint density at radius 2 is 2.05 bits per heavy atom. The highest BCUT2D eigenvalue weighted by molar-refractivity contribution is 7.16. The van der Waals surface area contributed by atoms with Crippen molar-refractivity contribution in [3.8, 4) is 0 Å². The van der Waals surface area contributed by atoms with E-state index in [0.29, 0.717) is 10.6 Å². The molecule has 20 heavy (non-hydrogen) atoms. The molecule has 0 fully saturated rings. The molecule has 2 heterocycles. The number of amides is 1. The van der Waals surface area contributed by atoms with Crippen LogP contribution < -0.4 is 5.32 Å². The summed E-state index contributed by atoms with van der Waals surface area (Å²) >= 11 is 1.33. The van der Waals surface area contributed by atoms with Crippen molar-refractivity contribution in [3.63, 3.8) is 0 Å². The van der Waals surface area contributed by atoms with Gasteiger partial charge in [0.25, 0.3) is 5.91 Å². The topological polar surface area (TPSA) is 81.2 Å². The lowest BCUT2D eigenvalue weighted by molar-refractivity contribution is 0.0601. The van der Waals surface area contributed by atoms with Crippen molar-refractivity contribution >= 4 is 28.2 Å². The number of nitrogens with one attached hydrogen (secondary N) is 1. The normalized spacial score (nSPS) is 10.2. The van der Waals surface area contributed by atoms with Gasteiger partial charge in [0.1, 0.15) is 10.7 Å². The Morgan fingerprint density at radius 3 is 2.65 bits per heavy atom. The molecule has 0 aliphatic heterocycles. The van der Waals surface area contributed by atoms with Crippen molar-refractivity contribution in [2.45, 2.75) is 13.8 Å². The largest absolute Gasteiger partial charge is 0.465 e.